The van der Waals surface area contributed by atoms with Gasteiger partial charge in [-0.2, -0.15) is 5.10 Å². The molecule has 9 nitrogen and oxygen atoms in total. The van der Waals surface area contributed by atoms with Crippen LogP contribution in [-0.2, 0) is 12.8 Å². The number of hydrogen-bond donors (Lipinski definition) is 4. The summed E-state index contributed by atoms with van der Waals surface area (Å²) in [6.45, 7) is 15.7. The summed E-state index contributed by atoms with van der Waals surface area (Å²) in [4.78, 5) is 23.6. The Bertz CT molecular complexity index is 1580. The monoisotopic (exact) mass is 586 g/mol. The van der Waals surface area contributed by atoms with Crippen LogP contribution in [0.4, 0.5) is 5.82 Å². The number of aromatic hydroxyl groups is 2. The van der Waals surface area contributed by atoms with Crippen molar-refractivity contribution in [3.8, 4) is 22.8 Å². The van der Waals surface area contributed by atoms with E-state index in [1.165, 1.54) is 22.8 Å². The predicted molar refractivity (Wildman–Crippen MR) is 173 cm³/mol. The fraction of sp³-hybridized carbons (Fsp3) is 0.471. The standard InChI is InChI=1S/C21H28N6.C13H18O3/c1-4-14-7-6-8-16(15(14)5-2)18-19-20(26-25-18)24-17(13-23-19)27-11-9-21(3,22)10-12-27;1-7(2)9-5-10(13(16)8(3)4)12(15)6-11(9)14/h6-8,13H,4-5,9-12,22H2,1-3H3,(H,24,25,26);5-8,14-15H,1-4H3. The fourth-order valence-electron chi connectivity index (χ4n) is 5.56. The number of nitrogens with zero attached hydrogens (tertiary/aromatic N) is 4. The molecule has 1 aliphatic heterocycles. The molecule has 5 N–H and O–H groups in total. The third kappa shape index (κ3) is 6.99. The molecule has 4 aromatic rings. The van der Waals surface area contributed by atoms with E-state index in [9.17, 15) is 15.0 Å². The first-order chi connectivity index (χ1) is 20.4. The van der Waals surface area contributed by atoms with Crippen LogP contribution in [0.2, 0.25) is 0 Å². The van der Waals surface area contributed by atoms with Gasteiger partial charge in [-0.1, -0.05) is 59.7 Å². The highest BCUT2D eigenvalue weighted by molar-refractivity contribution is 6.00. The van der Waals surface area contributed by atoms with Gasteiger partial charge in [-0.3, -0.25) is 9.89 Å². The molecule has 2 aromatic carbocycles. The maximum Gasteiger partial charge on any atom is 0.202 e. The molecule has 43 heavy (non-hydrogen) atoms. The number of ketones is 1. The summed E-state index contributed by atoms with van der Waals surface area (Å²) in [6.07, 6.45) is 5.80. The largest absolute Gasteiger partial charge is 0.508 e. The van der Waals surface area contributed by atoms with Crippen LogP contribution >= 0.6 is 0 Å². The zero-order valence-corrected chi connectivity index (χ0v) is 26.5. The van der Waals surface area contributed by atoms with Gasteiger partial charge in [0, 0.05) is 36.2 Å². The number of anilines is 1. The van der Waals surface area contributed by atoms with Crippen LogP contribution in [0.15, 0.2) is 36.5 Å². The summed E-state index contributed by atoms with van der Waals surface area (Å²) in [6, 6.07) is 9.28. The van der Waals surface area contributed by atoms with Gasteiger partial charge in [0.2, 0.25) is 5.65 Å². The Morgan fingerprint density at radius 2 is 1.77 bits per heavy atom. The van der Waals surface area contributed by atoms with E-state index in [1.54, 1.807) is 19.9 Å². The number of phenols is 2. The molecule has 0 aliphatic carbocycles. The van der Waals surface area contributed by atoms with Gasteiger partial charge < -0.3 is 20.8 Å². The van der Waals surface area contributed by atoms with Crippen molar-refractivity contribution in [2.75, 3.05) is 18.0 Å². The molecule has 230 valence electrons. The molecule has 1 aliphatic rings. The Kier molecular flexibility index (Phi) is 9.75. The van der Waals surface area contributed by atoms with Gasteiger partial charge in [0.15, 0.2) is 5.78 Å². The smallest absolute Gasteiger partial charge is 0.202 e. The van der Waals surface area contributed by atoms with E-state index in [2.05, 4.69) is 54.1 Å². The minimum absolute atomic E-state index is 0.0350. The third-order valence-electron chi connectivity index (χ3n) is 8.32. The highest BCUT2D eigenvalue weighted by atomic mass is 16.3. The molecule has 3 heterocycles. The maximum absolute atomic E-state index is 11.8. The molecule has 0 atom stereocenters. The highest BCUT2D eigenvalue weighted by Gasteiger charge is 2.27. The minimum atomic E-state index is -0.171. The van der Waals surface area contributed by atoms with Gasteiger partial charge in [-0.05, 0) is 61.3 Å². The second kappa shape index (κ2) is 13.1. The van der Waals surface area contributed by atoms with Crippen LogP contribution in [0.3, 0.4) is 0 Å². The molecule has 1 saturated heterocycles. The summed E-state index contributed by atoms with van der Waals surface area (Å²) in [5.41, 5.74) is 13.5. The van der Waals surface area contributed by atoms with Crippen LogP contribution in [0.5, 0.6) is 11.5 Å². The number of aromatic nitrogens is 4. The average molecular weight is 587 g/mol. The summed E-state index contributed by atoms with van der Waals surface area (Å²) in [7, 11) is 0. The van der Waals surface area contributed by atoms with E-state index in [1.807, 2.05) is 20.0 Å². The van der Waals surface area contributed by atoms with Crippen molar-refractivity contribution in [3.05, 3.63) is 58.8 Å². The van der Waals surface area contributed by atoms with E-state index in [-0.39, 0.29) is 40.2 Å². The lowest BCUT2D eigenvalue weighted by Crippen LogP contribution is -2.48. The SMILES string of the molecule is CC(C)C(=O)c1cc(C(C)C)c(O)cc1O.CCc1cccc(-c2[nH]nc3nc(N4CCC(C)(N)CC4)cnc23)c1CC. The minimum Gasteiger partial charge on any atom is -0.508 e. The number of carbonyl (C=O) groups is 1. The average Bonchev–Trinajstić information content (AvgIpc) is 3.39. The molecule has 0 unspecified atom stereocenters. The topological polar surface area (TPSA) is 141 Å². The molecule has 0 spiro atoms. The van der Waals surface area contributed by atoms with E-state index in [0.29, 0.717) is 11.2 Å². The van der Waals surface area contributed by atoms with E-state index in [4.69, 9.17) is 15.7 Å². The summed E-state index contributed by atoms with van der Waals surface area (Å²) in [5, 5.41) is 26.9. The molecule has 0 radical (unpaired) electrons. The number of carbonyl (C=O) groups excluding carboxylic acids is 1. The lowest BCUT2D eigenvalue weighted by Gasteiger charge is -2.37. The second-order valence-corrected chi connectivity index (χ2v) is 12.4. The first kappa shape index (κ1) is 31.9. The number of hydrogen-bond acceptors (Lipinski definition) is 8. The van der Waals surface area contributed by atoms with Gasteiger partial charge in [0.1, 0.15) is 22.8 Å². The zero-order chi connectivity index (χ0) is 31.5. The number of fused-ring (bicyclic) bond motifs is 1. The van der Waals surface area contributed by atoms with E-state index >= 15 is 0 Å². The molecule has 0 saturated carbocycles. The molecule has 2 aromatic heterocycles. The number of aryl methyl sites for hydroxylation is 1. The number of rotatable bonds is 7. The molecular formula is C34H46N6O3. The Hall–Kier alpha value is -3.98. The molecule has 9 heteroatoms. The van der Waals surface area contributed by atoms with Crippen molar-refractivity contribution >= 4 is 22.8 Å². The summed E-state index contributed by atoms with van der Waals surface area (Å²) < 4.78 is 0. The molecule has 5 rings (SSSR count). The number of phenolic OH excluding ortho intramolecular Hbond substituents is 2. The van der Waals surface area contributed by atoms with Gasteiger partial charge in [-0.25, -0.2) is 9.97 Å². The summed E-state index contributed by atoms with van der Waals surface area (Å²) >= 11 is 0. The van der Waals surface area contributed by atoms with Gasteiger partial charge in [0.25, 0.3) is 0 Å². The van der Waals surface area contributed by atoms with Gasteiger partial charge in [-0.15, -0.1) is 0 Å². The normalized spacial score (nSPS) is 14.7. The van der Waals surface area contributed by atoms with Gasteiger partial charge >= 0.3 is 0 Å². The quantitative estimate of drug-likeness (QED) is 0.179. The highest BCUT2D eigenvalue weighted by Crippen LogP contribution is 2.34. The number of aromatic amines is 1. The van der Waals surface area contributed by atoms with E-state index in [0.717, 1.165) is 55.8 Å². The Morgan fingerprint density at radius 1 is 1.07 bits per heavy atom. The number of benzene rings is 2. The fourth-order valence-corrected chi connectivity index (χ4v) is 5.56. The van der Waals surface area contributed by atoms with E-state index < -0.39 is 0 Å². The molecule has 1 fully saturated rings. The van der Waals surface area contributed by atoms with Crippen molar-refractivity contribution in [2.45, 2.75) is 85.6 Å². The van der Waals surface area contributed by atoms with Gasteiger partial charge in [0.05, 0.1) is 17.5 Å². The van der Waals surface area contributed by atoms with Crippen molar-refractivity contribution in [3.63, 3.8) is 0 Å². The lowest BCUT2D eigenvalue weighted by atomic mass is 9.91. The zero-order valence-electron chi connectivity index (χ0n) is 26.5. The number of Topliss-reactive ketones (excluding diaryl/α,β-unsaturated/α-hetero) is 1. The van der Waals surface area contributed by atoms with Crippen LogP contribution in [0.1, 0.15) is 94.3 Å². The first-order valence-corrected chi connectivity index (χ1v) is 15.3. The Morgan fingerprint density at radius 3 is 2.37 bits per heavy atom. The molecule has 0 amide bonds. The van der Waals surface area contributed by atoms with Crippen LogP contribution in [0, 0.1) is 5.92 Å². The maximum atomic E-state index is 11.8. The van der Waals surface area contributed by atoms with Crippen LogP contribution < -0.4 is 10.6 Å². The molecular weight excluding hydrogens is 540 g/mol. The first-order valence-electron chi connectivity index (χ1n) is 15.3. The van der Waals surface area contributed by atoms with Crippen molar-refractivity contribution in [1.82, 2.24) is 20.2 Å². The number of H-pyrrole nitrogens is 1. The van der Waals surface area contributed by atoms with Crippen molar-refractivity contribution < 1.29 is 15.0 Å². The Balaban J connectivity index is 0.000000227. The molecule has 0 bridgehead atoms. The number of nitrogens with two attached hydrogens (primary N) is 1. The number of piperidine rings is 1. The van der Waals surface area contributed by atoms with Crippen molar-refractivity contribution in [1.29, 1.82) is 0 Å². The van der Waals surface area contributed by atoms with Crippen molar-refractivity contribution in [2.24, 2.45) is 11.7 Å². The predicted octanol–water partition coefficient (Wildman–Crippen LogP) is 6.52. The second-order valence-electron chi connectivity index (χ2n) is 12.4. The summed E-state index contributed by atoms with van der Waals surface area (Å²) in [5.74, 6) is 0.594. The van der Waals surface area contributed by atoms with Crippen LogP contribution in [0.25, 0.3) is 22.4 Å². The third-order valence-corrected chi connectivity index (χ3v) is 8.32. The lowest BCUT2D eigenvalue weighted by molar-refractivity contribution is 0.0936. The Labute approximate surface area is 254 Å². The van der Waals surface area contributed by atoms with Crippen LogP contribution in [-0.4, -0.2) is 54.8 Å². The number of nitrogens with one attached hydrogen (secondary N) is 1.